The molecule has 0 aliphatic carbocycles. The van der Waals surface area contributed by atoms with Gasteiger partial charge in [0.1, 0.15) is 0 Å². The van der Waals surface area contributed by atoms with Crippen molar-refractivity contribution in [3.8, 4) is 6.07 Å². The number of hydrogen-bond donors (Lipinski definition) is 1. The molecule has 0 aliphatic heterocycles. The standard InChI is InChI=1S/C11H8N2/c12-7-8-5-9-3-1-2-4-10(9)11(13)6-8/h1-6H,13H2. The van der Waals surface area contributed by atoms with E-state index in [9.17, 15) is 0 Å². The van der Waals surface area contributed by atoms with Gasteiger partial charge in [0, 0.05) is 11.1 Å². The molecule has 0 aliphatic rings. The molecule has 2 aromatic carbocycles. The average molecular weight is 168 g/mol. The summed E-state index contributed by atoms with van der Waals surface area (Å²) >= 11 is 0. The Kier molecular flexibility index (Phi) is 1.64. The van der Waals surface area contributed by atoms with Gasteiger partial charge in [0.2, 0.25) is 0 Å². The molecule has 0 bridgehead atoms. The lowest BCUT2D eigenvalue weighted by atomic mass is 10.1. The van der Waals surface area contributed by atoms with E-state index in [0.29, 0.717) is 11.3 Å². The molecule has 2 aromatic rings. The Bertz CT molecular complexity index is 495. The van der Waals surface area contributed by atoms with Gasteiger partial charge in [0.15, 0.2) is 0 Å². The lowest BCUT2D eigenvalue weighted by molar-refractivity contribution is 1.50. The second-order valence-electron chi connectivity index (χ2n) is 2.90. The van der Waals surface area contributed by atoms with Crippen LogP contribution in [0.3, 0.4) is 0 Å². The second kappa shape index (κ2) is 2.80. The summed E-state index contributed by atoms with van der Waals surface area (Å²) in [5.41, 5.74) is 7.05. The van der Waals surface area contributed by atoms with Crippen LogP contribution in [0.5, 0.6) is 0 Å². The first-order valence-corrected chi connectivity index (χ1v) is 3.99. The predicted molar refractivity (Wildman–Crippen MR) is 53.1 cm³/mol. The second-order valence-corrected chi connectivity index (χ2v) is 2.90. The Balaban J connectivity index is 2.86. The molecule has 62 valence electrons. The molecule has 2 heteroatoms. The minimum Gasteiger partial charge on any atom is -0.398 e. The molecule has 0 atom stereocenters. The van der Waals surface area contributed by atoms with Crippen LogP contribution in [0.15, 0.2) is 36.4 Å². The topological polar surface area (TPSA) is 49.8 Å². The summed E-state index contributed by atoms with van der Waals surface area (Å²) in [4.78, 5) is 0. The van der Waals surface area contributed by atoms with E-state index in [1.165, 1.54) is 0 Å². The van der Waals surface area contributed by atoms with E-state index in [4.69, 9.17) is 11.0 Å². The highest BCUT2D eigenvalue weighted by atomic mass is 14.5. The van der Waals surface area contributed by atoms with Crippen molar-refractivity contribution in [2.75, 3.05) is 5.73 Å². The normalized spacial score (nSPS) is 9.77. The highest BCUT2D eigenvalue weighted by Gasteiger charge is 1.99. The van der Waals surface area contributed by atoms with Crippen molar-refractivity contribution in [3.05, 3.63) is 42.0 Å². The minimum atomic E-state index is 0.608. The van der Waals surface area contributed by atoms with Gasteiger partial charge in [-0.3, -0.25) is 0 Å². The summed E-state index contributed by atoms with van der Waals surface area (Å²) in [6.45, 7) is 0. The highest BCUT2D eigenvalue weighted by Crippen LogP contribution is 2.22. The molecule has 0 saturated heterocycles. The van der Waals surface area contributed by atoms with Gasteiger partial charge in [-0.25, -0.2) is 0 Å². The highest BCUT2D eigenvalue weighted by molar-refractivity contribution is 5.93. The number of nitrogens with zero attached hydrogens (tertiary/aromatic N) is 1. The number of nitrogens with two attached hydrogens (primary N) is 1. The fourth-order valence-electron chi connectivity index (χ4n) is 1.40. The Labute approximate surface area is 76.2 Å². The van der Waals surface area contributed by atoms with Crippen LogP contribution in [0.25, 0.3) is 10.8 Å². The maximum atomic E-state index is 8.72. The van der Waals surface area contributed by atoms with Crippen molar-refractivity contribution in [2.24, 2.45) is 0 Å². The van der Waals surface area contributed by atoms with Gasteiger partial charge in [-0.1, -0.05) is 24.3 Å². The monoisotopic (exact) mass is 168 g/mol. The number of anilines is 1. The third-order valence-corrected chi connectivity index (χ3v) is 2.02. The van der Waals surface area contributed by atoms with E-state index in [1.54, 1.807) is 6.07 Å². The third-order valence-electron chi connectivity index (χ3n) is 2.02. The molecule has 0 radical (unpaired) electrons. The first kappa shape index (κ1) is 7.63. The van der Waals surface area contributed by atoms with Crippen LogP contribution >= 0.6 is 0 Å². The van der Waals surface area contributed by atoms with Crippen LogP contribution in [0, 0.1) is 11.3 Å². The summed E-state index contributed by atoms with van der Waals surface area (Å²) in [5.74, 6) is 0. The quantitative estimate of drug-likeness (QED) is 0.613. The van der Waals surface area contributed by atoms with E-state index in [-0.39, 0.29) is 0 Å². The van der Waals surface area contributed by atoms with Gasteiger partial charge in [-0.15, -0.1) is 0 Å². The van der Waals surface area contributed by atoms with Crippen molar-refractivity contribution >= 4 is 16.5 Å². The van der Waals surface area contributed by atoms with Crippen molar-refractivity contribution in [1.29, 1.82) is 5.26 Å². The summed E-state index contributed by atoms with van der Waals surface area (Å²) in [5, 5.41) is 10.7. The summed E-state index contributed by atoms with van der Waals surface area (Å²) < 4.78 is 0. The number of nitrogen functional groups attached to an aromatic ring is 1. The van der Waals surface area contributed by atoms with E-state index in [0.717, 1.165) is 10.8 Å². The van der Waals surface area contributed by atoms with Crippen LogP contribution in [-0.2, 0) is 0 Å². The van der Waals surface area contributed by atoms with Crippen molar-refractivity contribution in [1.82, 2.24) is 0 Å². The van der Waals surface area contributed by atoms with Gasteiger partial charge in [-0.05, 0) is 17.5 Å². The number of benzene rings is 2. The first-order valence-electron chi connectivity index (χ1n) is 3.99. The van der Waals surface area contributed by atoms with Crippen LogP contribution in [0.2, 0.25) is 0 Å². The Morgan fingerprint density at radius 2 is 1.92 bits per heavy atom. The summed E-state index contributed by atoms with van der Waals surface area (Å²) in [6, 6.07) is 13.4. The molecule has 0 aromatic heterocycles. The number of fused-ring (bicyclic) bond motifs is 1. The van der Waals surface area contributed by atoms with Crippen molar-refractivity contribution in [2.45, 2.75) is 0 Å². The van der Waals surface area contributed by atoms with Gasteiger partial charge in [0.25, 0.3) is 0 Å². The summed E-state index contributed by atoms with van der Waals surface area (Å²) in [6.07, 6.45) is 0. The molecule has 0 saturated carbocycles. The zero-order valence-corrected chi connectivity index (χ0v) is 6.99. The lowest BCUT2D eigenvalue weighted by Gasteiger charge is -2.01. The molecule has 0 unspecified atom stereocenters. The lowest BCUT2D eigenvalue weighted by Crippen LogP contribution is -1.88. The van der Waals surface area contributed by atoms with E-state index >= 15 is 0 Å². The molecule has 2 N–H and O–H groups in total. The molecule has 0 spiro atoms. The predicted octanol–water partition coefficient (Wildman–Crippen LogP) is 2.29. The van der Waals surface area contributed by atoms with E-state index < -0.39 is 0 Å². The fraction of sp³-hybridized carbons (Fsp3) is 0. The van der Waals surface area contributed by atoms with E-state index in [1.807, 2.05) is 30.3 Å². The number of hydrogen-bond acceptors (Lipinski definition) is 2. The third kappa shape index (κ3) is 1.21. The average Bonchev–Trinajstić information content (AvgIpc) is 2.18. The Morgan fingerprint density at radius 3 is 2.69 bits per heavy atom. The zero-order valence-electron chi connectivity index (χ0n) is 6.99. The van der Waals surface area contributed by atoms with Crippen molar-refractivity contribution < 1.29 is 0 Å². The molecule has 0 heterocycles. The molecule has 2 rings (SSSR count). The molecular formula is C11H8N2. The molecule has 2 nitrogen and oxygen atoms in total. The maximum absolute atomic E-state index is 8.72. The van der Waals surface area contributed by atoms with Gasteiger partial charge in [0.05, 0.1) is 11.6 Å². The largest absolute Gasteiger partial charge is 0.398 e. The summed E-state index contributed by atoms with van der Waals surface area (Å²) in [7, 11) is 0. The van der Waals surface area contributed by atoms with Crippen LogP contribution < -0.4 is 5.73 Å². The zero-order chi connectivity index (χ0) is 9.26. The molecular weight excluding hydrogens is 160 g/mol. The Morgan fingerprint density at radius 1 is 1.15 bits per heavy atom. The van der Waals surface area contributed by atoms with Crippen LogP contribution in [0.4, 0.5) is 5.69 Å². The maximum Gasteiger partial charge on any atom is 0.0992 e. The van der Waals surface area contributed by atoms with Gasteiger partial charge >= 0.3 is 0 Å². The Hall–Kier alpha value is -2.01. The smallest absolute Gasteiger partial charge is 0.0992 e. The molecule has 0 fully saturated rings. The SMILES string of the molecule is N#Cc1cc(N)c2ccccc2c1. The van der Waals surface area contributed by atoms with Crippen LogP contribution in [-0.4, -0.2) is 0 Å². The van der Waals surface area contributed by atoms with Crippen LogP contribution in [0.1, 0.15) is 5.56 Å². The first-order chi connectivity index (χ1) is 6.31. The minimum absolute atomic E-state index is 0.608. The molecule has 0 amide bonds. The number of rotatable bonds is 0. The fourth-order valence-corrected chi connectivity index (χ4v) is 1.40. The molecule has 13 heavy (non-hydrogen) atoms. The van der Waals surface area contributed by atoms with E-state index in [2.05, 4.69) is 6.07 Å². The van der Waals surface area contributed by atoms with Gasteiger partial charge in [-0.2, -0.15) is 5.26 Å². The van der Waals surface area contributed by atoms with Gasteiger partial charge < -0.3 is 5.73 Å². The van der Waals surface area contributed by atoms with Crippen molar-refractivity contribution in [3.63, 3.8) is 0 Å². The number of nitriles is 1.